The zero-order valence-electron chi connectivity index (χ0n) is 15.4. The minimum Gasteiger partial charge on any atom is -0.331 e. The molecule has 0 amide bonds. The summed E-state index contributed by atoms with van der Waals surface area (Å²) < 4.78 is 25.1. The van der Waals surface area contributed by atoms with Gasteiger partial charge in [0.25, 0.3) is 5.56 Å². The number of aromatic amines is 1. The van der Waals surface area contributed by atoms with Gasteiger partial charge in [-0.05, 0) is 31.7 Å². The van der Waals surface area contributed by atoms with Gasteiger partial charge in [0.1, 0.15) is 5.82 Å². The van der Waals surface area contributed by atoms with Crippen LogP contribution >= 0.6 is 0 Å². The van der Waals surface area contributed by atoms with Crippen LogP contribution in [0.4, 0.5) is 0 Å². The van der Waals surface area contributed by atoms with Gasteiger partial charge in [-0.3, -0.25) is 4.79 Å². The Morgan fingerprint density at radius 1 is 1.32 bits per heavy atom. The minimum atomic E-state index is -2.38. The number of hydrogen-bond donors (Lipinski definition) is 1. The van der Waals surface area contributed by atoms with E-state index >= 15 is 0 Å². The molecule has 7 heteroatoms. The summed E-state index contributed by atoms with van der Waals surface area (Å²) in [7, 11) is -0.670. The molecule has 0 saturated heterocycles. The predicted molar refractivity (Wildman–Crippen MR) is 98.9 cm³/mol. The zero-order chi connectivity index (χ0) is 18.7. The first kappa shape index (κ1) is 19.2. The van der Waals surface area contributed by atoms with E-state index in [1.165, 1.54) is 4.57 Å². The van der Waals surface area contributed by atoms with Crippen LogP contribution in [0, 0.1) is 11.6 Å². The van der Waals surface area contributed by atoms with E-state index in [4.69, 9.17) is 0 Å². The number of aromatic nitrogens is 3. The van der Waals surface area contributed by atoms with Crippen molar-refractivity contribution in [2.24, 2.45) is 7.05 Å². The highest BCUT2D eigenvalue weighted by atomic mass is 32.2. The summed E-state index contributed by atoms with van der Waals surface area (Å²) >= 11 is 0. The van der Waals surface area contributed by atoms with Crippen molar-refractivity contribution < 1.29 is 8.42 Å². The molecule has 0 aliphatic heterocycles. The SMILES string of the molecule is CCCCc1c(-c2cc(C(C)C)c(=O)n(C)c2)nc(C)[nH]c1=S(=O)=O. The Hall–Kier alpha value is -2.15. The molecule has 0 aromatic carbocycles. The van der Waals surface area contributed by atoms with E-state index in [-0.39, 0.29) is 16.1 Å². The van der Waals surface area contributed by atoms with E-state index in [0.29, 0.717) is 29.1 Å². The number of hydrogen-bond acceptors (Lipinski definition) is 4. The van der Waals surface area contributed by atoms with Crippen molar-refractivity contribution in [2.45, 2.75) is 52.9 Å². The van der Waals surface area contributed by atoms with Crippen molar-refractivity contribution in [1.29, 1.82) is 0 Å². The summed E-state index contributed by atoms with van der Waals surface area (Å²) in [6.07, 6.45) is 4.14. The second kappa shape index (κ2) is 7.82. The second-order valence-electron chi connectivity index (χ2n) is 6.57. The quantitative estimate of drug-likeness (QED) is 0.828. The lowest BCUT2D eigenvalue weighted by Crippen LogP contribution is -2.21. The number of H-pyrrole nitrogens is 1. The fourth-order valence-electron chi connectivity index (χ4n) is 2.86. The van der Waals surface area contributed by atoms with Crippen molar-refractivity contribution in [3.8, 4) is 11.3 Å². The summed E-state index contributed by atoms with van der Waals surface area (Å²) in [5.41, 5.74) is 2.72. The molecule has 0 saturated carbocycles. The number of unbranched alkanes of at least 4 members (excludes halogenated alkanes) is 1. The average Bonchev–Trinajstić information content (AvgIpc) is 2.54. The lowest BCUT2D eigenvalue weighted by atomic mass is 9.99. The topological polar surface area (TPSA) is 84.8 Å². The van der Waals surface area contributed by atoms with E-state index in [2.05, 4.69) is 16.9 Å². The Morgan fingerprint density at radius 3 is 2.56 bits per heavy atom. The number of nitrogens with one attached hydrogen (secondary N) is 1. The molecule has 136 valence electrons. The molecule has 1 N–H and O–H groups in total. The van der Waals surface area contributed by atoms with Crippen LogP contribution in [0.1, 0.15) is 56.5 Å². The molecular weight excluding hydrogens is 338 g/mol. The Balaban J connectivity index is 2.88. The van der Waals surface area contributed by atoms with Crippen molar-refractivity contribution in [1.82, 2.24) is 14.5 Å². The molecule has 6 nitrogen and oxygen atoms in total. The molecule has 2 rings (SSSR count). The Kier molecular flexibility index (Phi) is 6.00. The number of pyridine rings is 1. The van der Waals surface area contributed by atoms with Crippen LogP contribution in [0.15, 0.2) is 17.1 Å². The Labute approximate surface area is 149 Å². The van der Waals surface area contributed by atoms with Crippen LogP contribution in [-0.2, 0) is 23.8 Å². The Morgan fingerprint density at radius 2 is 2.00 bits per heavy atom. The zero-order valence-corrected chi connectivity index (χ0v) is 16.2. The van der Waals surface area contributed by atoms with Crippen LogP contribution in [0.25, 0.3) is 11.3 Å². The fraction of sp³-hybridized carbons (Fsp3) is 0.500. The van der Waals surface area contributed by atoms with Gasteiger partial charge in [-0.15, -0.1) is 0 Å². The van der Waals surface area contributed by atoms with Crippen molar-refractivity contribution in [3.05, 3.63) is 44.2 Å². The number of aryl methyl sites for hydroxylation is 2. The fourth-order valence-corrected chi connectivity index (χ4v) is 3.49. The second-order valence-corrected chi connectivity index (χ2v) is 7.45. The molecule has 0 spiro atoms. The summed E-state index contributed by atoms with van der Waals surface area (Å²) in [6.45, 7) is 7.72. The van der Waals surface area contributed by atoms with Crippen molar-refractivity contribution in [2.75, 3.05) is 0 Å². The van der Waals surface area contributed by atoms with Crippen LogP contribution in [0.5, 0.6) is 0 Å². The third-order valence-corrected chi connectivity index (χ3v) is 4.87. The maximum Gasteiger partial charge on any atom is 0.253 e. The predicted octanol–water partition coefficient (Wildman–Crippen LogP) is 2.96. The molecule has 0 aliphatic carbocycles. The number of rotatable bonds is 5. The normalized spacial score (nSPS) is 11.1. The molecule has 2 heterocycles. The largest absolute Gasteiger partial charge is 0.331 e. The summed E-state index contributed by atoms with van der Waals surface area (Å²) in [6, 6.07) is 1.84. The van der Waals surface area contributed by atoms with Crippen molar-refractivity contribution in [3.63, 3.8) is 0 Å². The van der Waals surface area contributed by atoms with Crippen LogP contribution < -0.4 is 5.56 Å². The number of nitrogens with zero attached hydrogens (tertiary/aromatic N) is 2. The minimum absolute atomic E-state index is 0.0410. The van der Waals surface area contributed by atoms with Gasteiger partial charge in [0.2, 0.25) is 10.3 Å². The molecule has 2 aromatic rings. The highest BCUT2D eigenvalue weighted by molar-refractivity contribution is 7.63. The molecule has 0 aliphatic rings. The standard InChI is InChI=1S/C18H25N3O3S/c1-6-7-8-14-16(19-12(4)20-17(14)25(23)24)13-9-15(11(2)3)18(22)21(5)10-13/h9-11H,6-8H2,1-5H3,(H,19,20). The van der Waals surface area contributed by atoms with E-state index in [0.717, 1.165) is 18.4 Å². The Bertz CT molecular complexity index is 1010. The first-order valence-corrected chi connectivity index (χ1v) is 9.56. The summed E-state index contributed by atoms with van der Waals surface area (Å²) in [5.74, 6) is 0.594. The lowest BCUT2D eigenvalue weighted by molar-refractivity contribution is 0.623. The van der Waals surface area contributed by atoms with Gasteiger partial charge in [-0.2, -0.15) is 8.42 Å². The van der Waals surface area contributed by atoms with Crippen LogP contribution in [-0.4, -0.2) is 23.0 Å². The van der Waals surface area contributed by atoms with Gasteiger partial charge < -0.3 is 9.55 Å². The molecule has 0 atom stereocenters. The monoisotopic (exact) mass is 363 g/mol. The smallest absolute Gasteiger partial charge is 0.253 e. The molecule has 0 radical (unpaired) electrons. The van der Waals surface area contributed by atoms with E-state index in [1.54, 1.807) is 20.2 Å². The van der Waals surface area contributed by atoms with Gasteiger partial charge >= 0.3 is 0 Å². The van der Waals surface area contributed by atoms with Gasteiger partial charge in [-0.1, -0.05) is 27.2 Å². The molecule has 0 unspecified atom stereocenters. The first-order valence-electron chi connectivity index (χ1n) is 8.49. The first-order chi connectivity index (χ1) is 11.8. The van der Waals surface area contributed by atoms with Gasteiger partial charge in [0.15, 0.2) is 4.64 Å². The van der Waals surface area contributed by atoms with Crippen LogP contribution in [0.3, 0.4) is 0 Å². The molecule has 0 bridgehead atoms. The molecular formula is C18H25N3O3S. The average molecular weight is 363 g/mol. The third-order valence-electron chi connectivity index (χ3n) is 4.19. The molecule has 25 heavy (non-hydrogen) atoms. The maximum absolute atomic E-state index is 12.3. The third kappa shape index (κ3) is 4.10. The van der Waals surface area contributed by atoms with Gasteiger partial charge in [-0.25, -0.2) is 4.98 Å². The lowest BCUT2D eigenvalue weighted by Gasteiger charge is -2.14. The summed E-state index contributed by atoms with van der Waals surface area (Å²) in [4.78, 5) is 19.8. The van der Waals surface area contributed by atoms with E-state index < -0.39 is 10.3 Å². The van der Waals surface area contributed by atoms with E-state index in [1.807, 2.05) is 19.9 Å². The highest BCUT2D eigenvalue weighted by Gasteiger charge is 2.15. The molecule has 0 fully saturated rings. The van der Waals surface area contributed by atoms with E-state index in [9.17, 15) is 13.2 Å². The summed E-state index contributed by atoms with van der Waals surface area (Å²) in [5, 5.41) is 0. The van der Waals surface area contributed by atoms with Gasteiger partial charge in [0, 0.05) is 29.9 Å². The van der Waals surface area contributed by atoms with Gasteiger partial charge in [0.05, 0.1) is 5.69 Å². The maximum atomic E-state index is 12.3. The van der Waals surface area contributed by atoms with Crippen molar-refractivity contribution >= 4 is 10.3 Å². The molecule has 2 aromatic heterocycles. The van der Waals surface area contributed by atoms with Crippen LogP contribution in [0.2, 0.25) is 0 Å². The highest BCUT2D eigenvalue weighted by Crippen LogP contribution is 2.25.